The number of hydrogen-bond donors (Lipinski definition) is 2. The first-order chi connectivity index (χ1) is 9.20. The van der Waals surface area contributed by atoms with Crippen LogP contribution in [0.5, 0.6) is 0 Å². The molecule has 0 aromatic heterocycles. The molecular formula is C16H25ClN2O. The van der Waals surface area contributed by atoms with Crippen LogP contribution in [-0.2, 0) is 4.79 Å². The van der Waals surface area contributed by atoms with Crippen molar-refractivity contribution in [2.75, 3.05) is 0 Å². The van der Waals surface area contributed by atoms with Crippen molar-refractivity contribution in [2.45, 2.75) is 51.1 Å². The van der Waals surface area contributed by atoms with E-state index in [1.54, 1.807) is 0 Å². The highest BCUT2D eigenvalue weighted by atomic mass is 35.5. The lowest BCUT2D eigenvalue weighted by atomic mass is 9.84. The molecule has 0 saturated heterocycles. The van der Waals surface area contributed by atoms with Crippen molar-refractivity contribution >= 4 is 18.3 Å². The first-order valence-corrected chi connectivity index (χ1v) is 7.31. The molecule has 4 heteroatoms. The number of benzene rings is 1. The number of halogens is 1. The zero-order valence-electron chi connectivity index (χ0n) is 12.0. The van der Waals surface area contributed by atoms with Gasteiger partial charge in [0.2, 0.25) is 5.91 Å². The second-order valence-corrected chi connectivity index (χ2v) is 5.52. The Hall–Kier alpha value is -1.06. The van der Waals surface area contributed by atoms with Crippen LogP contribution < -0.4 is 11.1 Å². The Morgan fingerprint density at radius 2 is 1.85 bits per heavy atom. The van der Waals surface area contributed by atoms with E-state index in [0.29, 0.717) is 6.04 Å². The monoisotopic (exact) mass is 296 g/mol. The van der Waals surface area contributed by atoms with Crippen LogP contribution in [0.4, 0.5) is 0 Å². The normalized spacial score (nSPS) is 23.5. The van der Waals surface area contributed by atoms with Crippen molar-refractivity contribution in [3.05, 3.63) is 35.9 Å². The number of amides is 1. The van der Waals surface area contributed by atoms with Crippen LogP contribution in [-0.4, -0.2) is 11.9 Å². The van der Waals surface area contributed by atoms with E-state index in [9.17, 15) is 4.79 Å². The minimum absolute atomic E-state index is 0. The molecule has 0 bridgehead atoms. The van der Waals surface area contributed by atoms with Gasteiger partial charge >= 0.3 is 0 Å². The molecule has 3 nitrogen and oxygen atoms in total. The molecule has 3 N–H and O–H groups in total. The molecule has 2 rings (SSSR count). The molecule has 1 unspecified atom stereocenters. The molecule has 0 spiro atoms. The summed E-state index contributed by atoms with van der Waals surface area (Å²) >= 11 is 0. The fourth-order valence-electron chi connectivity index (χ4n) is 2.82. The lowest BCUT2D eigenvalue weighted by Gasteiger charge is -2.29. The Labute approximate surface area is 127 Å². The third-order valence-electron chi connectivity index (χ3n) is 4.21. The van der Waals surface area contributed by atoms with Crippen LogP contribution in [0, 0.1) is 5.92 Å². The Morgan fingerprint density at radius 1 is 1.25 bits per heavy atom. The molecule has 1 atom stereocenters. The molecular weight excluding hydrogens is 272 g/mol. The van der Waals surface area contributed by atoms with Crippen LogP contribution >= 0.6 is 12.4 Å². The van der Waals surface area contributed by atoms with Crippen LogP contribution in [0.25, 0.3) is 0 Å². The predicted octanol–water partition coefficient (Wildman–Crippen LogP) is 3.19. The van der Waals surface area contributed by atoms with E-state index in [1.807, 2.05) is 30.3 Å². The zero-order chi connectivity index (χ0) is 13.7. The fraction of sp³-hybridized carbons (Fsp3) is 0.562. The molecule has 1 saturated carbocycles. The topological polar surface area (TPSA) is 55.1 Å². The first kappa shape index (κ1) is 17.0. The Balaban J connectivity index is 0.00000200. The Kier molecular flexibility index (Phi) is 7.03. The summed E-state index contributed by atoms with van der Waals surface area (Å²) in [6.45, 7) is 2.24. The van der Waals surface area contributed by atoms with E-state index in [-0.39, 0.29) is 18.3 Å². The summed E-state index contributed by atoms with van der Waals surface area (Å²) in [7, 11) is 0. The molecule has 1 fully saturated rings. The van der Waals surface area contributed by atoms with Gasteiger partial charge in [0.25, 0.3) is 0 Å². The average Bonchev–Trinajstić information content (AvgIpc) is 2.48. The smallest absolute Gasteiger partial charge is 0.241 e. The standard InChI is InChI=1S/C16H24N2O.ClH/c1-2-12-8-10-14(11-9-12)18-16(19)15(17)13-6-4-3-5-7-13;/h3-7,12,14-15H,2,8-11,17H2,1H3,(H,18,19);1H. The number of hydrogen-bond acceptors (Lipinski definition) is 2. The summed E-state index contributed by atoms with van der Waals surface area (Å²) in [5, 5.41) is 3.10. The van der Waals surface area contributed by atoms with Crippen LogP contribution in [0.2, 0.25) is 0 Å². The molecule has 1 aliphatic rings. The maximum Gasteiger partial charge on any atom is 0.241 e. The largest absolute Gasteiger partial charge is 0.352 e. The lowest BCUT2D eigenvalue weighted by molar-refractivity contribution is -0.123. The highest BCUT2D eigenvalue weighted by Gasteiger charge is 2.23. The summed E-state index contributed by atoms with van der Waals surface area (Å²) in [5.74, 6) is 0.794. The molecule has 0 heterocycles. The summed E-state index contributed by atoms with van der Waals surface area (Å²) in [6.07, 6.45) is 5.88. The fourth-order valence-corrected chi connectivity index (χ4v) is 2.82. The van der Waals surface area contributed by atoms with Crippen molar-refractivity contribution in [1.82, 2.24) is 5.32 Å². The van der Waals surface area contributed by atoms with E-state index < -0.39 is 6.04 Å². The summed E-state index contributed by atoms with van der Waals surface area (Å²) in [6, 6.07) is 9.32. The van der Waals surface area contributed by atoms with Crippen LogP contribution in [0.1, 0.15) is 50.6 Å². The molecule has 1 aliphatic carbocycles. The Bertz CT molecular complexity index is 402. The molecule has 1 aromatic rings. The molecule has 0 radical (unpaired) electrons. The SMILES string of the molecule is CCC1CCC(NC(=O)C(N)c2ccccc2)CC1.Cl. The van der Waals surface area contributed by atoms with Gasteiger partial charge in [-0.2, -0.15) is 0 Å². The van der Waals surface area contributed by atoms with Crippen LogP contribution in [0.3, 0.4) is 0 Å². The van der Waals surface area contributed by atoms with Crippen molar-refractivity contribution in [3.8, 4) is 0 Å². The predicted molar refractivity (Wildman–Crippen MR) is 84.8 cm³/mol. The van der Waals surface area contributed by atoms with Gasteiger partial charge in [0.15, 0.2) is 0 Å². The summed E-state index contributed by atoms with van der Waals surface area (Å²) in [5.41, 5.74) is 6.87. The summed E-state index contributed by atoms with van der Waals surface area (Å²) < 4.78 is 0. The van der Waals surface area contributed by atoms with Crippen molar-refractivity contribution in [3.63, 3.8) is 0 Å². The summed E-state index contributed by atoms with van der Waals surface area (Å²) in [4.78, 5) is 12.1. The average molecular weight is 297 g/mol. The van der Waals surface area contributed by atoms with Crippen LogP contribution in [0.15, 0.2) is 30.3 Å². The minimum atomic E-state index is -0.551. The maximum atomic E-state index is 12.1. The van der Waals surface area contributed by atoms with E-state index in [2.05, 4.69) is 12.2 Å². The van der Waals surface area contributed by atoms with Crippen molar-refractivity contribution in [2.24, 2.45) is 11.7 Å². The van der Waals surface area contributed by atoms with Gasteiger partial charge in [-0.25, -0.2) is 0 Å². The quantitative estimate of drug-likeness (QED) is 0.896. The lowest BCUT2D eigenvalue weighted by Crippen LogP contribution is -2.42. The van der Waals surface area contributed by atoms with Gasteiger partial charge in [-0.1, -0.05) is 43.7 Å². The van der Waals surface area contributed by atoms with Crippen molar-refractivity contribution < 1.29 is 4.79 Å². The second kappa shape index (κ2) is 8.28. The first-order valence-electron chi connectivity index (χ1n) is 7.31. The van der Waals surface area contributed by atoms with Gasteiger partial charge in [0, 0.05) is 6.04 Å². The maximum absolute atomic E-state index is 12.1. The van der Waals surface area contributed by atoms with Gasteiger partial charge in [-0.3, -0.25) is 4.79 Å². The van der Waals surface area contributed by atoms with E-state index in [1.165, 1.54) is 19.3 Å². The number of nitrogens with two attached hydrogens (primary N) is 1. The van der Waals surface area contributed by atoms with Gasteiger partial charge in [-0.15, -0.1) is 12.4 Å². The molecule has 112 valence electrons. The molecule has 0 aliphatic heterocycles. The third kappa shape index (κ3) is 4.50. The van der Waals surface area contributed by atoms with Gasteiger partial charge in [0.1, 0.15) is 6.04 Å². The van der Waals surface area contributed by atoms with Gasteiger partial charge < -0.3 is 11.1 Å². The molecule has 1 amide bonds. The molecule has 20 heavy (non-hydrogen) atoms. The molecule has 1 aromatic carbocycles. The van der Waals surface area contributed by atoms with Gasteiger partial charge in [-0.05, 0) is 37.2 Å². The van der Waals surface area contributed by atoms with Crippen molar-refractivity contribution in [1.29, 1.82) is 0 Å². The van der Waals surface area contributed by atoms with E-state index >= 15 is 0 Å². The van der Waals surface area contributed by atoms with E-state index in [4.69, 9.17) is 5.73 Å². The highest BCUT2D eigenvalue weighted by Crippen LogP contribution is 2.26. The highest BCUT2D eigenvalue weighted by molar-refractivity contribution is 5.85. The van der Waals surface area contributed by atoms with Gasteiger partial charge in [0.05, 0.1) is 0 Å². The zero-order valence-corrected chi connectivity index (χ0v) is 12.9. The minimum Gasteiger partial charge on any atom is -0.352 e. The number of rotatable bonds is 4. The number of carbonyl (C=O) groups is 1. The van der Waals surface area contributed by atoms with E-state index in [0.717, 1.165) is 24.3 Å². The number of nitrogens with one attached hydrogen (secondary N) is 1. The number of carbonyl (C=O) groups excluding carboxylic acids is 1. The third-order valence-corrected chi connectivity index (χ3v) is 4.21. The Morgan fingerprint density at radius 3 is 2.40 bits per heavy atom. The second-order valence-electron chi connectivity index (χ2n) is 5.52.